The van der Waals surface area contributed by atoms with E-state index in [1.807, 2.05) is 0 Å². The van der Waals surface area contributed by atoms with Crippen LogP contribution in [0.1, 0.15) is 18.0 Å². The van der Waals surface area contributed by atoms with Crippen molar-refractivity contribution in [3.8, 4) is 28.6 Å². The fourth-order valence-corrected chi connectivity index (χ4v) is 2.19. The minimum Gasteiger partial charge on any atom is -0.493 e. The molecule has 2 rings (SSSR count). The molecule has 0 saturated heterocycles. The number of aromatic nitrogens is 2. The Balaban J connectivity index is 2.36. The van der Waals surface area contributed by atoms with E-state index in [9.17, 15) is 4.79 Å². The maximum atomic E-state index is 10.7. The van der Waals surface area contributed by atoms with Crippen molar-refractivity contribution >= 4 is 5.97 Å². The van der Waals surface area contributed by atoms with Crippen molar-refractivity contribution in [1.29, 1.82) is 0 Å². The predicted octanol–water partition coefficient (Wildman–Crippen LogP) is 1.64. The van der Waals surface area contributed by atoms with Gasteiger partial charge in [0.15, 0.2) is 17.3 Å². The smallest absolute Gasteiger partial charge is 0.305 e. The summed E-state index contributed by atoms with van der Waals surface area (Å²) in [6, 6.07) is 2.80. The molecule has 3 N–H and O–H groups in total. The molecule has 24 heavy (non-hydrogen) atoms. The number of rotatable bonds is 7. The number of methoxy groups -OCH3 is 3. The SMILES string of the molecule is COc1cc(-c2ncc([C@H](N)CC(=O)O)cn2)cc(OC)c1OC. The molecule has 8 nitrogen and oxygen atoms in total. The molecule has 8 heteroatoms. The van der Waals surface area contributed by atoms with Gasteiger partial charge in [0, 0.05) is 29.6 Å². The van der Waals surface area contributed by atoms with Crippen LogP contribution in [0.15, 0.2) is 24.5 Å². The maximum absolute atomic E-state index is 10.7. The van der Waals surface area contributed by atoms with E-state index in [4.69, 9.17) is 25.1 Å². The Kier molecular flexibility index (Phi) is 5.54. The van der Waals surface area contributed by atoms with E-state index in [0.717, 1.165) is 0 Å². The average Bonchev–Trinajstić information content (AvgIpc) is 2.59. The van der Waals surface area contributed by atoms with Gasteiger partial charge in [0.1, 0.15) is 0 Å². The van der Waals surface area contributed by atoms with Crippen molar-refractivity contribution < 1.29 is 24.1 Å². The number of nitrogens with two attached hydrogens (primary N) is 1. The van der Waals surface area contributed by atoms with E-state index in [1.165, 1.54) is 33.7 Å². The van der Waals surface area contributed by atoms with Crippen LogP contribution in [0.5, 0.6) is 17.2 Å². The highest BCUT2D eigenvalue weighted by Crippen LogP contribution is 2.40. The Morgan fingerprint density at radius 2 is 1.67 bits per heavy atom. The fourth-order valence-electron chi connectivity index (χ4n) is 2.19. The first-order valence-corrected chi connectivity index (χ1v) is 7.09. The highest BCUT2D eigenvalue weighted by molar-refractivity contribution is 5.68. The van der Waals surface area contributed by atoms with Crippen LogP contribution in [0.25, 0.3) is 11.4 Å². The van der Waals surface area contributed by atoms with Gasteiger partial charge in [-0.05, 0) is 12.1 Å². The van der Waals surface area contributed by atoms with Gasteiger partial charge in [-0.1, -0.05) is 0 Å². The van der Waals surface area contributed by atoms with E-state index in [-0.39, 0.29) is 6.42 Å². The topological polar surface area (TPSA) is 117 Å². The summed E-state index contributed by atoms with van der Waals surface area (Å²) in [5.74, 6) is 0.907. The second-order valence-corrected chi connectivity index (χ2v) is 4.96. The quantitative estimate of drug-likeness (QED) is 0.785. The number of carboxylic acid groups (broad SMARTS) is 1. The molecule has 2 aromatic rings. The van der Waals surface area contributed by atoms with Crippen molar-refractivity contribution in [3.05, 3.63) is 30.1 Å². The van der Waals surface area contributed by atoms with Gasteiger partial charge in [0.05, 0.1) is 27.8 Å². The number of hydrogen-bond acceptors (Lipinski definition) is 7. The molecule has 1 aromatic heterocycles. The molecule has 1 aromatic carbocycles. The molecule has 0 radical (unpaired) electrons. The molecule has 0 unspecified atom stereocenters. The Morgan fingerprint density at radius 3 is 2.08 bits per heavy atom. The second-order valence-electron chi connectivity index (χ2n) is 4.96. The summed E-state index contributed by atoms with van der Waals surface area (Å²) in [6.07, 6.45) is 2.84. The lowest BCUT2D eigenvalue weighted by Crippen LogP contribution is -2.15. The molecule has 0 aliphatic rings. The highest BCUT2D eigenvalue weighted by atomic mass is 16.5. The summed E-state index contributed by atoms with van der Waals surface area (Å²) in [4.78, 5) is 19.2. The minimum absolute atomic E-state index is 0.188. The predicted molar refractivity (Wildman–Crippen MR) is 86.3 cm³/mol. The normalized spacial score (nSPS) is 11.7. The molecule has 0 aliphatic heterocycles. The van der Waals surface area contributed by atoms with Gasteiger partial charge in [0.25, 0.3) is 0 Å². The lowest BCUT2D eigenvalue weighted by atomic mass is 10.1. The zero-order valence-corrected chi connectivity index (χ0v) is 13.6. The van der Waals surface area contributed by atoms with Gasteiger partial charge in [0.2, 0.25) is 5.75 Å². The number of ether oxygens (including phenoxy) is 3. The lowest BCUT2D eigenvalue weighted by molar-refractivity contribution is -0.137. The third-order valence-electron chi connectivity index (χ3n) is 3.42. The number of carbonyl (C=O) groups is 1. The van der Waals surface area contributed by atoms with Crippen LogP contribution in [0.3, 0.4) is 0 Å². The molecule has 128 valence electrons. The molecule has 0 aliphatic carbocycles. The maximum Gasteiger partial charge on any atom is 0.305 e. The van der Waals surface area contributed by atoms with E-state index in [0.29, 0.717) is 34.2 Å². The molecule has 0 fully saturated rings. The molecule has 1 atom stereocenters. The molecule has 0 bridgehead atoms. The zero-order chi connectivity index (χ0) is 17.7. The van der Waals surface area contributed by atoms with Crippen molar-refractivity contribution in [3.63, 3.8) is 0 Å². The summed E-state index contributed by atoms with van der Waals surface area (Å²) >= 11 is 0. The van der Waals surface area contributed by atoms with Crippen LogP contribution in [0.4, 0.5) is 0 Å². The summed E-state index contributed by atoms with van der Waals surface area (Å²) in [6.45, 7) is 0. The second kappa shape index (κ2) is 7.60. The fraction of sp³-hybridized carbons (Fsp3) is 0.312. The van der Waals surface area contributed by atoms with E-state index in [1.54, 1.807) is 12.1 Å². The molecule has 0 saturated carbocycles. The van der Waals surface area contributed by atoms with E-state index >= 15 is 0 Å². The van der Waals surface area contributed by atoms with Gasteiger partial charge in [-0.2, -0.15) is 0 Å². The Bertz CT molecular complexity index is 693. The number of hydrogen-bond donors (Lipinski definition) is 2. The first-order chi connectivity index (χ1) is 11.5. The summed E-state index contributed by atoms with van der Waals surface area (Å²) in [7, 11) is 4.57. The van der Waals surface area contributed by atoms with Crippen LogP contribution in [0, 0.1) is 0 Å². The van der Waals surface area contributed by atoms with Crippen molar-refractivity contribution in [2.45, 2.75) is 12.5 Å². The average molecular weight is 333 g/mol. The Labute approximate surface area is 139 Å². The molecule has 1 heterocycles. The zero-order valence-electron chi connectivity index (χ0n) is 13.6. The van der Waals surface area contributed by atoms with Gasteiger partial charge in [-0.25, -0.2) is 9.97 Å². The minimum atomic E-state index is -0.976. The van der Waals surface area contributed by atoms with Crippen LogP contribution < -0.4 is 19.9 Å². The third-order valence-corrected chi connectivity index (χ3v) is 3.42. The van der Waals surface area contributed by atoms with Crippen molar-refractivity contribution in [2.75, 3.05) is 21.3 Å². The van der Waals surface area contributed by atoms with Gasteiger partial charge >= 0.3 is 5.97 Å². The third kappa shape index (κ3) is 3.72. The standard InChI is InChI=1S/C16H19N3O5/c1-22-12-4-9(5-13(23-2)15(12)24-3)16-18-7-10(8-19-16)11(17)6-14(20)21/h4-5,7-8,11H,6,17H2,1-3H3,(H,20,21)/t11-/m1/s1. The van der Waals surface area contributed by atoms with Gasteiger partial charge in [-0.3, -0.25) is 4.79 Å². The molecular weight excluding hydrogens is 314 g/mol. The van der Waals surface area contributed by atoms with Crippen molar-refractivity contribution in [2.24, 2.45) is 5.73 Å². The summed E-state index contributed by atoms with van der Waals surface area (Å²) in [5.41, 5.74) is 7.02. The monoisotopic (exact) mass is 333 g/mol. The number of nitrogens with zero attached hydrogens (tertiary/aromatic N) is 2. The van der Waals surface area contributed by atoms with E-state index < -0.39 is 12.0 Å². The molecule has 0 spiro atoms. The van der Waals surface area contributed by atoms with Crippen LogP contribution >= 0.6 is 0 Å². The van der Waals surface area contributed by atoms with Crippen molar-refractivity contribution in [1.82, 2.24) is 9.97 Å². The first kappa shape index (κ1) is 17.5. The van der Waals surface area contributed by atoms with E-state index in [2.05, 4.69) is 9.97 Å². The largest absolute Gasteiger partial charge is 0.493 e. The van der Waals surface area contributed by atoms with Crippen LogP contribution in [-0.2, 0) is 4.79 Å². The number of carboxylic acids is 1. The lowest BCUT2D eigenvalue weighted by Gasteiger charge is -2.14. The summed E-state index contributed by atoms with van der Waals surface area (Å²) < 4.78 is 15.9. The van der Waals surface area contributed by atoms with Crippen LogP contribution in [-0.4, -0.2) is 42.4 Å². The van der Waals surface area contributed by atoms with Gasteiger partial charge < -0.3 is 25.1 Å². The first-order valence-electron chi connectivity index (χ1n) is 7.09. The van der Waals surface area contributed by atoms with Gasteiger partial charge in [-0.15, -0.1) is 0 Å². The van der Waals surface area contributed by atoms with Crippen LogP contribution in [0.2, 0.25) is 0 Å². The highest BCUT2D eigenvalue weighted by Gasteiger charge is 2.16. The number of aliphatic carboxylic acids is 1. The summed E-state index contributed by atoms with van der Waals surface area (Å²) in [5, 5.41) is 8.78. The number of benzene rings is 1. The molecular formula is C16H19N3O5. The Hall–Kier alpha value is -2.87. The molecule has 0 amide bonds. The Morgan fingerprint density at radius 1 is 1.12 bits per heavy atom.